The van der Waals surface area contributed by atoms with Crippen molar-refractivity contribution in [2.75, 3.05) is 10.6 Å². The summed E-state index contributed by atoms with van der Waals surface area (Å²) in [6.45, 7) is 4.11. The topological polar surface area (TPSA) is 49.8 Å². The number of benzene rings is 2. The van der Waals surface area contributed by atoms with Gasteiger partial charge in [0.05, 0.1) is 0 Å². The zero-order valence-electron chi connectivity index (χ0n) is 13.4. The number of hydrogen-bond donors (Lipinski definition) is 2. The van der Waals surface area contributed by atoms with E-state index < -0.39 is 0 Å². The molecule has 0 saturated carbocycles. The molecule has 0 aliphatic heterocycles. The van der Waals surface area contributed by atoms with Crippen LogP contribution in [0.5, 0.6) is 0 Å². The first-order valence-electron chi connectivity index (χ1n) is 7.76. The molecule has 2 N–H and O–H groups in total. The summed E-state index contributed by atoms with van der Waals surface area (Å²) in [6.07, 6.45) is 1.04. The summed E-state index contributed by atoms with van der Waals surface area (Å²) in [5, 5.41) is 6.56. The molecule has 4 nitrogen and oxygen atoms in total. The van der Waals surface area contributed by atoms with Gasteiger partial charge in [0.2, 0.25) is 5.95 Å². The third kappa shape index (κ3) is 4.07. The predicted molar refractivity (Wildman–Crippen MR) is 95.6 cm³/mol. The summed E-state index contributed by atoms with van der Waals surface area (Å²) in [5.41, 5.74) is 4.22. The molecule has 0 saturated heterocycles. The molecule has 0 fully saturated rings. The highest BCUT2D eigenvalue weighted by Crippen LogP contribution is 2.19. The molecule has 116 valence electrons. The molecule has 1 heterocycles. The second-order valence-corrected chi connectivity index (χ2v) is 5.38. The Labute approximate surface area is 136 Å². The van der Waals surface area contributed by atoms with Gasteiger partial charge in [-0.25, -0.2) is 4.98 Å². The summed E-state index contributed by atoms with van der Waals surface area (Å²) in [6, 6.07) is 20.2. The first-order chi connectivity index (χ1) is 11.2. The molecular weight excluding hydrogens is 284 g/mol. The molecular formula is C19H20N4. The van der Waals surface area contributed by atoms with Gasteiger partial charge in [-0.05, 0) is 43.2 Å². The van der Waals surface area contributed by atoms with Crippen LogP contribution in [0.15, 0.2) is 60.7 Å². The van der Waals surface area contributed by atoms with E-state index in [1.54, 1.807) is 0 Å². The number of hydrogen-bond acceptors (Lipinski definition) is 4. The highest BCUT2D eigenvalue weighted by atomic mass is 15.1. The van der Waals surface area contributed by atoms with E-state index in [0.29, 0.717) is 5.95 Å². The van der Waals surface area contributed by atoms with Crippen LogP contribution >= 0.6 is 0 Å². The van der Waals surface area contributed by atoms with E-state index in [-0.39, 0.29) is 0 Å². The monoisotopic (exact) mass is 304 g/mol. The van der Waals surface area contributed by atoms with Gasteiger partial charge in [0.15, 0.2) is 0 Å². The standard InChI is InChI=1S/C19H20N4/c1-3-15-9-11-17(12-10-15)21-18-13-14(2)20-19(23-18)22-16-7-5-4-6-8-16/h4-13H,3H2,1-2H3,(H2,20,21,22,23). The number of para-hydroxylation sites is 1. The highest BCUT2D eigenvalue weighted by molar-refractivity contribution is 5.60. The summed E-state index contributed by atoms with van der Waals surface area (Å²) in [5.74, 6) is 1.36. The molecule has 1 aromatic heterocycles. The Balaban J connectivity index is 1.79. The Kier molecular flexibility index (Phi) is 4.52. The fourth-order valence-electron chi connectivity index (χ4n) is 2.31. The van der Waals surface area contributed by atoms with Gasteiger partial charge in [-0.1, -0.05) is 37.3 Å². The van der Waals surface area contributed by atoms with Crippen LogP contribution in [0.2, 0.25) is 0 Å². The second-order valence-electron chi connectivity index (χ2n) is 5.38. The zero-order chi connectivity index (χ0) is 16.1. The largest absolute Gasteiger partial charge is 0.340 e. The summed E-state index contributed by atoms with van der Waals surface area (Å²) >= 11 is 0. The smallest absolute Gasteiger partial charge is 0.229 e. The highest BCUT2D eigenvalue weighted by Gasteiger charge is 2.03. The van der Waals surface area contributed by atoms with E-state index in [4.69, 9.17) is 0 Å². The van der Waals surface area contributed by atoms with Crippen molar-refractivity contribution < 1.29 is 0 Å². The quantitative estimate of drug-likeness (QED) is 0.708. The maximum absolute atomic E-state index is 4.53. The molecule has 0 radical (unpaired) electrons. The van der Waals surface area contributed by atoms with Crippen LogP contribution in [0.25, 0.3) is 0 Å². The Morgan fingerprint density at radius 2 is 1.52 bits per heavy atom. The second kappa shape index (κ2) is 6.92. The number of aromatic nitrogens is 2. The molecule has 3 rings (SSSR count). The van der Waals surface area contributed by atoms with E-state index in [1.165, 1.54) is 5.56 Å². The molecule has 23 heavy (non-hydrogen) atoms. The van der Waals surface area contributed by atoms with Gasteiger partial charge < -0.3 is 10.6 Å². The average Bonchev–Trinajstić information content (AvgIpc) is 2.56. The predicted octanol–water partition coefficient (Wildman–Crippen LogP) is 4.83. The lowest BCUT2D eigenvalue weighted by molar-refractivity contribution is 1.11. The van der Waals surface area contributed by atoms with E-state index in [0.717, 1.165) is 29.3 Å². The van der Waals surface area contributed by atoms with Crippen LogP contribution in [0.1, 0.15) is 18.2 Å². The maximum Gasteiger partial charge on any atom is 0.229 e. The minimum absolute atomic E-state index is 0.587. The lowest BCUT2D eigenvalue weighted by Gasteiger charge is -2.10. The van der Waals surface area contributed by atoms with Gasteiger partial charge in [-0.2, -0.15) is 4.98 Å². The van der Waals surface area contributed by atoms with Gasteiger partial charge in [0.25, 0.3) is 0 Å². The third-order valence-electron chi connectivity index (χ3n) is 3.52. The van der Waals surface area contributed by atoms with Crippen molar-refractivity contribution >= 4 is 23.1 Å². The lowest BCUT2D eigenvalue weighted by atomic mass is 10.1. The average molecular weight is 304 g/mol. The van der Waals surface area contributed by atoms with Crippen molar-refractivity contribution in [2.24, 2.45) is 0 Å². The van der Waals surface area contributed by atoms with Crippen LogP contribution in [0.3, 0.4) is 0 Å². The molecule has 2 aromatic carbocycles. The Morgan fingerprint density at radius 1 is 0.826 bits per heavy atom. The summed E-state index contributed by atoms with van der Waals surface area (Å²) in [7, 11) is 0. The number of aryl methyl sites for hydroxylation is 2. The normalized spacial score (nSPS) is 10.3. The molecule has 4 heteroatoms. The van der Waals surface area contributed by atoms with Crippen LogP contribution in [0, 0.1) is 6.92 Å². The molecule has 0 atom stereocenters. The fraction of sp³-hybridized carbons (Fsp3) is 0.158. The number of rotatable bonds is 5. The molecule has 0 aliphatic rings. The molecule has 0 spiro atoms. The molecule has 0 unspecified atom stereocenters. The van der Waals surface area contributed by atoms with Crippen LogP contribution in [0.4, 0.5) is 23.1 Å². The Bertz CT molecular complexity index is 767. The summed E-state index contributed by atoms with van der Waals surface area (Å²) < 4.78 is 0. The van der Waals surface area contributed by atoms with Crippen molar-refractivity contribution in [3.05, 3.63) is 71.9 Å². The first kappa shape index (κ1) is 15.0. The van der Waals surface area contributed by atoms with Gasteiger partial charge in [0.1, 0.15) is 5.82 Å². The molecule has 0 bridgehead atoms. The van der Waals surface area contributed by atoms with Crippen molar-refractivity contribution in [1.82, 2.24) is 9.97 Å². The maximum atomic E-state index is 4.53. The molecule has 0 aliphatic carbocycles. The van der Waals surface area contributed by atoms with Crippen molar-refractivity contribution in [3.63, 3.8) is 0 Å². The van der Waals surface area contributed by atoms with Crippen LogP contribution in [-0.4, -0.2) is 9.97 Å². The van der Waals surface area contributed by atoms with Gasteiger partial charge in [0, 0.05) is 23.1 Å². The van der Waals surface area contributed by atoms with Crippen molar-refractivity contribution in [1.29, 1.82) is 0 Å². The van der Waals surface area contributed by atoms with Gasteiger partial charge in [-0.15, -0.1) is 0 Å². The molecule has 0 amide bonds. The summed E-state index contributed by atoms with van der Waals surface area (Å²) in [4.78, 5) is 8.97. The first-order valence-corrected chi connectivity index (χ1v) is 7.76. The molecule has 3 aromatic rings. The van der Waals surface area contributed by atoms with E-state index in [9.17, 15) is 0 Å². The van der Waals surface area contributed by atoms with E-state index >= 15 is 0 Å². The Morgan fingerprint density at radius 3 is 2.22 bits per heavy atom. The number of anilines is 4. The van der Waals surface area contributed by atoms with Crippen molar-refractivity contribution in [2.45, 2.75) is 20.3 Å². The zero-order valence-corrected chi connectivity index (χ0v) is 13.4. The van der Waals surface area contributed by atoms with E-state index in [2.05, 4.69) is 51.8 Å². The fourth-order valence-corrected chi connectivity index (χ4v) is 2.31. The van der Waals surface area contributed by atoms with Gasteiger partial charge in [-0.3, -0.25) is 0 Å². The third-order valence-corrected chi connectivity index (χ3v) is 3.52. The Hall–Kier alpha value is -2.88. The minimum atomic E-state index is 0.587. The number of nitrogens with one attached hydrogen (secondary N) is 2. The minimum Gasteiger partial charge on any atom is -0.340 e. The number of nitrogens with zero attached hydrogens (tertiary/aromatic N) is 2. The van der Waals surface area contributed by atoms with Crippen LogP contribution in [-0.2, 0) is 6.42 Å². The lowest BCUT2D eigenvalue weighted by Crippen LogP contribution is -2.02. The van der Waals surface area contributed by atoms with Crippen molar-refractivity contribution in [3.8, 4) is 0 Å². The van der Waals surface area contributed by atoms with Gasteiger partial charge >= 0.3 is 0 Å². The SMILES string of the molecule is CCc1ccc(Nc2cc(C)nc(Nc3ccccc3)n2)cc1. The van der Waals surface area contributed by atoms with Crippen LogP contribution < -0.4 is 10.6 Å². The van der Waals surface area contributed by atoms with E-state index in [1.807, 2.05) is 43.3 Å².